The largest absolute Gasteiger partial charge is 0.299 e. The summed E-state index contributed by atoms with van der Waals surface area (Å²) in [4.78, 5) is 12.5. The Labute approximate surface area is 57.0 Å². The number of halogens is 1. The van der Waals surface area contributed by atoms with Gasteiger partial charge in [0, 0.05) is 6.07 Å². The summed E-state index contributed by atoms with van der Waals surface area (Å²) < 4.78 is 12.3. The molecular weight excluding hydrogens is 133 g/mol. The lowest BCUT2D eigenvalue weighted by atomic mass is 10.3. The Bertz CT molecular complexity index is 303. The van der Waals surface area contributed by atoms with Crippen molar-refractivity contribution in [3.63, 3.8) is 0 Å². The standard InChI is InChI=1S/C7H6FNO/c1-2-5-3-6(8)9-7(10)4-5/h2-4H,1H2,(H,9,10). The number of pyridine rings is 1. The predicted molar refractivity (Wildman–Crippen MR) is 37.1 cm³/mol. The Hall–Kier alpha value is -1.38. The summed E-state index contributed by atoms with van der Waals surface area (Å²) in [6.45, 7) is 3.39. The molecule has 52 valence electrons. The van der Waals surface area contributed by atoms with Crippen LogP contribution < -0.4 is 5.56 Å². The first-order valence-electron chi connectivity index (χ1n) is 2.74. The number of H-pyrrole nitrogens is 1. The van der Waals surface area contributed by atoms with E-state index >= 15 is 0 Å². The molecule has 2 nitrogen and oxygen atoms in total. The van der Waals surface area contributed by atoms with Crippen molar-refractivity contribution < 1.29 is 4.39 Å². The number of aromatic nitrogens is 1. The highest BCUT2D eigenvalue weighted by atomic mass is 19.1. The average molecular weight is 139 g/mol. The SMILES string of the molecule is C=Cc1cc(F)[nH]c(=O)c1. The van der Waals surface area contributed by atoms with Crippen LogP contribution in [0.25, 0.3) is 6.08 Å². The molecule has 3 heteroatoms. The maximum absolute atomic E-state index is 12.3. The summed E-state index contributed by atoms with van der Waals surface area (Å²) in [5.41, 5.74) is 0.0381. The van der Waals surface area contributed by atoms with Crippen LogP contribution in [-0.2, 0) is 0 Å². The third-order valence-electron chi connectivity index (χ3n) is 1.07. The zero-order valence-corrected chi connectivity index (χ0v) is 5.23. The van der Waals surface area contributed by atoms with Gasteiger partial charge in [-0.05, 0) is 11.6 Å². The van der Waals surface area contributed by atoms with Gasteiger partial charge in [-0.2, -0.15) is 4.39 Å². The summed E-state index contributed by atoms with van der Waals surface area (Å²) in [5.74, 6) is -0.637. The van der Waals surface area contributed by atoms with E-state index in [-0.39, 0.29) is 0 Å². The zero-order valence-electron chi connectivity index (χ0n) is 5.23. The first-order chi connectivity index (χ1) is 4.72. The van der Waals surface area contributed by atoms with E-state index in [2.05, 4.69) is 6.58 Å². The lowest BCUT2D eigenvalue weighted by Crippen LogP contribution is -2.05. The Morgan fingerprint density at radius 3 is 2.80 bits per heavy atom. The molecule has 0 spiro atoms. The van der Waals surface area contributed by atoms with Crippen molar-refractivity contribution in [3.8, 4) is 0 Å². The van der Waals surface area contributed by atoms with Gasteiger partial charge in [0.2, 0.25) is 0 Å². The molecule has 1 rings (SSSR count). The van der Waals surface area contributed by atoms with Crippen LogP contribution in [0, 0.1) is 5.95 Å². The van der Waals surface area contributed by atoms with Crippen LogP contribution >= 0.6 is 0 Å². The quantitative estimate of drug-likeness (QED) is 0.582. The fourth-order valence-electron chi connectivity index (χ4n) is 0.647. The van der Waals surface area contributed by atoms with Crippen molar-refractivity contribution in [2.45, 2.75) is 0 Å². The van der Waals surface area contributed by atoms with Gasteiger partial charge >= 0.3 is 0 Å². The van der Waals surface area contributed by atoms with Crippen LogP contribution in [0.3, 0.4) is 0 Å². The number of hydrogen-bond donors (Lipinski definition) is 1. The molecule has 0 aliphatic heterocycles. The normalized spacial score (nSPS) is 9.30. The van der Waals surface area contributed by atoms with Crippen molar-refractivity contribution in [2.24, 2.45) is 0 Å². The van der Waals surface area contributed by atoms with Crippen molar-refractivity contribution >= 4 is 6.08 Å². The Kier molecular flexibility index (Phi) is 1.67. The predicted octanol–water partition coefficient (Wildman–Crippen LogP) is 1.16. The average Bonchev–Trinajstić information content (AvgIpc) is 1.85. The molecule has 0 saturated heterocycles. The molecule has 1 aromatic heterocycles. The summed E-state index contributed by atoms with van der Waals surface area (Å²) in [6, 6.07) is 2.48. The molecule has 0 radical (unpaired) electrons. The molecule has 0 fully saturated rings. The van der Waals surface area contributed by atoms with Gasteiger partial charge < -0.3 is 0 Å². The topological polar surface area (TPSA) is 32.9 Å². The van der Waals surface area contributed by atoms with Gasteiger partial charge in [-0.15, -0.1) is 0 Å². The van der Waals surface area contributed by atoms with Crippen LogP contribution in [0.1, 0.15) is 5.56 Å². The third kappa shape index (κ3) is 1.31. The Morgan fingerprint density at radius 1 is 1.60 bits per heavy atom. The molecule has 1 heterocycles. The number of aromatic amines is 1. The minimum Gasteiger partial charge on any atom is -0.299 e. The lowest BCUT2D eigenvalue weighted by Gasteiger charge is -1.89. The van der Waals surface area contributed by atoms with E-state index < -0.39 is 11.5 Å². The fourth-order valence-corrected chi connectivity index (χ4v) is 0.647. The molecule has 0 atom stereocenters. The molecular formula is C7H6FNO. The van der Waals surface area contributed by atoms with Gasteiger partial charge in [-0.25, -0.2) is 0 Å². The second kappa shape index (κ2) is 2.47. The highest BCUT2D eigenvalue weighted by Crippen LogP contribution is 1.97. The molecule has 0 bridgehead atoms. The van der Waals surface area contributed by atoms with Crippen LogP contribution in [0.15, 0.2) is 23.5 Å². The number of nitrogens with one attached hydrogen (secondary N) is 1. The van der Waals surface area contributed by atoms with Crippen molar-refractivity contribution in [1.29, 1.82) is 0 Å². The molecule has 0 aliphatic carbocycles. The first kappa shape index (κ1) is 6.74. The third-order valence-corrected chi connectivity index (χ3v) is 1.07. The van der Waals surface area contributed by atoms with E-state index in [1.54, 1.807) is 0 Å². The van der Waals surface area contributed by atoms with E-state index in [9.17, 15) is 9.18 Å². The van der Waals surface area contributed by atoms with E-state index in [0.717, 1.165) is 0 Å². The van der Waals surface area contributed by atoms with E-state index in [0.29, 0.717) is 5.56 Å². The van der Waals surface area contributed by atoms with E-state index in [4.69, 9.17) is 0 Å². The molecule has 10 heavy (non-hydrogen) atoms. The van der Waals surface area contributed by atoms with Gasteiger partial charge in [0.15, 0.2) is 5.95 Å². The highest BCUT2D eigenvalue weighted by Gasteiger charge is 1.92. The van der Waals surface area contributed by atoms with E-state index in [1.165, 1.54) is 18.2 Å². The summed E-state index contributed by atoms with van der Waals surface area (Å²) in [5, 5.41) is 0. The number of hydrogen-bond acceptors (Lipinski definition) is 1. The van der Waals surface area contributed by atoms with Crippen LogP contribution in [0.5, 0.6) is 0 Å². The second-order valence-corrected chi connectivity index (χ2v) is 1.83. The van der Waals surface area contributed by atoms with Gasteiger partial charge in [0.25, 0.3) is 5.56 Å². The van der Waals surface area contributed by atoms with Crippen LogP contribution in [0.4, 0.5) is 4.39 Å². The first-order valence-corrected chi connectivity index (χ1v) is 2.74. The van der Waals surface area contributed by atoms with Crippen molar-refractivity contribution in [3.05, 3.63) is 40.6 Å². The van der Waals surface area contributed by atoms with Gasteiger partial charge in [0.05, 0.1) is 0 Å². The Balaban J connectivity index is 3.32. The fraction of sp³-hybridized carbons (Fsp3) is 0. The molecule has 0 unspecified atom stereocenters. The van der Waals surface area contributed by atoms with Crippen molar-refractivity contribution in [2.75, 3.05) is 0 Å². The minimum absolute atomic E-state index is 0.449. The van der Waals surface area contributed by atoms with Crippen LogP contribution in [-0.4, -0.2) is 4.98 Å². The zero-order chi connectivity index (χ0) is 7.56. The van der Waals surface area contributed by atoms with E-state index in [1.807, 2.05) is 4.98 Å². The minimum atomic E-state index is -0.637. The van der Waals surface area contributed by atoms with Gasteiger partial charge in [-0.3, -0.25) is 9.78 Å². The smallest absolute Gasteiger partial charge is 0.250 e. The molecule has 0 aliphatic rings. The molecule has 0 aromatic carbocycles. The molecule has 0 amide bonds. The summed E-state index contributed by atoms with van der Waals surface area (Å²) in [6.07, 6.45) is 1.42. The maximum atomic E-state index is 12.3. The number of rotatable bonds is 1. The van der Waals surface area contributed by atoms with Crippen LogP contribution in [0.2, 0.25) is 0 Å². The summed E-state index contributed by atoms with van der Waals surface area (Å²) >= 11 is 0. The Morgan fingerprint density at radius 2 is 2.30 bits per heavy atom. The highest BCUT2D eigenvalue weighted by molar-refractivity contribution is 5.45. The second-order valence-electron chi connectivity index (χ2n) is 1.83. The monoisotopic (exact) mass is 139 g/mol. The molecule has 1 N–H and O–H groups in total. The summed E-state index contributed by atoms with van der Waals surface area (Å²) in [7, 11) is 0. The maximum Gasteiger partial charge on any atom is 0.250 e. The van der Waals surface area contributed by atoms with Gasteiger partial charge in [0.1, 0.15) is 0 Å². The van der Waals surface area contributed by atoms with Gasteiger partial charge in [-0.1, -0.05) is 12.7 Å². The van der Waals surface area contributed by atoms with Crippen molar-refractivity contribution in [1.82, 2.24) is 4.98 Å². The molecule has 1 aromatic rings. The lowest BCUT2D eigenvalue weighted by molar-refractivity contribution is 0.579. The molecule has 0 saturated carbocycles.